The van der Waals surface area contributed by atoms with Crippen LogP contribution in [0.3, 0.4) is 0 Å². The number of hydrogen-bond acceptors (Lipinski definition) is 3. The van der Waals surface area contributed by atoms with Gasteiger partial charge in [-0.25, -0.2) is 0 Å². The van der Waals surface area contributed by atoms with Gasteiger partial charge in [0.05, 0.1) is 21.3 Å². The van der Waals surface area contributed by atoms with Gasteiger partial charge < -0.3 is 19.2 Å². The summed E-state index contributed by atoms with van der Waals surface area (Å²) in [6, 6.07) is 10.6. The fraction of sp³-hybridized carbons (Fsp3) is 0.273. The number of H-pyrrole nitrogens is 1. The molecule has 0 saturated heterocycles. The number of ether oxygens (including phenoxy) is 3. The van der Waals surface area contributed by atoms with Crippen LogP contribution in [-0.4, -0.2) is 26.3 Å². The molecule has 0 radical (unpaired) electrons. The Morgan fingerprint density at radius 1 is 0.923 bits per heavy atom. The van der Waals surface area contributed by atoms with E-state index in [4.69, 9.17) is 14.2 Å². The molecule has 0 unspecified atom stereocenters. The summed E-state index contributed by atoms with van der Waals surface area (Å²) in [5, 5.41) is 1.31. The van der Waals surface area contributed by atoms with Gasteiger partial charge in [-0.2, -0.15) is 0 Å². The Morgan fingerprint density at radius 3 is 2.38 bits per heavy atom. The minimum atomic E-state index is 0.620. The lowest BCUT2D eigenvalue weighted by Crippen LogP contribution is -1.99. The Bertz CT molecular complexity index is 959. The highest BCUT2D eigenvalue weighted by molar-refractivity contribution is 5.93. The molecule has 1 heterocycles. The third kappa shape index (κ3) is 2.62. The predicted octanol–water partition coefficient (Wildman–Crippen LogP) is 4.96. The van der Waals surface area contributed by atoms with Gasteiger partial charge in [0.1, 0.15) is 0 Å². The molecule has 134 valence electrons. The Hall–Kier alpha value is -2.88. The second-order valence-corrected chi connectivity index (χ2v) is 6.45. The van der Waals surface area contributed by atoms with E-state index in [1.54, 1.807) is 21.3 Å². The van der Waals surface area contributed by atoms with E-state index >= 15 is 0 Å². The van der Waals surface area contributed by atoms with Gasteiger partial charge in [-0.05, 0) is 65.8 Å². The van der Waals surface area contributed by atoms with E-state index in [-0.39, 0.29) is 0 Å². The van der Waals surface area contributed by atoms with Crippen LogP contribution in [0.4, 0.5) is 0 Å². The van der Waals surface area contributed by atoms with Crippen LogP contribution >= 0.6 is 0 Å². The van der Waals surface area contributed by atoms with Crippen molar-refractivity contribution in [2.75, 3.05) is 21.3 Å². The molecule has 0 amide bonds. The van der Waals surface area contributed by atoms with E-state index in [0.717, 1.165) is 24.8 Å². The summed E-state index contributed by atoms with van der Waals surface area (Å²) in [6.07, 6.45) is 7.61. The molecule has 4 nitrogen and oxygen atoms in total. The second kappa shape index (κ2) is 6.79. The maximum atomic E-state index is 5.55. The standard InChI is InChI=1S/C22H23NO3/c1-24-20-12-14(13-21(25-2)22(20)26-3)15-6-4-5-7-16-17(15)8-9-19-18(16)10-11-23-19/h6,8-13,23H,4-5,7H2,1-3H3. The lowest BCUT2D eigenvalue weighted by atomic mass is 9.91. The van der Waals surface area contributed by atoms with E-state index in [1.807, 2.05) is 18.3 Å². The van der Waals surface area contributed by atoms with Gasteiger partial charge >= 0.3 is 0 Å². The zero-order valence-electron chi connectivity index (χ0n) is 15.4. The fourth-order valence-corrected chi connectivity index (χ4v) is 3.86. The second-order valence-electron chi connectivity index (χ2n) is 6.45. The van der Waals surface area contributed by atoms with Crippen molar-refractivity contribution in [3.63, 3.8) is 0 Å². The highest BCUT2D eigenvalue weighted by atomic mass is 16.5. The summed E-state index contributed by atoms with van der Waals surface area (Å²) in [4.78, 5) is 3.32. The molecule has 26 heavy (non-hydrogen) atoms. The Labute approximate surface area is 153 Å². The molecule has 0 fully saturated rings. The van der Waals surface area contributed by atoms with Crippen molar-refractivity contribution in [2.24, 2.45) is 0 Å². The van der Waals surface area contributed by atoms with E-state index in [2.05, 4.69) is 29.3 Å². The van der Waals surface area contributed by atoms with E-state index in [9.17, 15) is 0 Å². The van der Waals surface area contributed by atoms with Gasteiger partial charge in [-0.15, -0.1) is 0 Å². The summed E-state index contributed by atoms with van der Waals surface area (Å²) in [6.45, 7) is 0. The van der Waals surface area contributed by atoms with Crippen LogP contribution in [0.25, 0.3) is 16.5 Å². The van der Waals surface area contributed by atoms with Crippen molar-refractivity contribution in [2.45, 2.75) is 19.3 Å². The van der Waals surface area contributed by atoms with Crippen LogP contribution in [0.1, 0.15) is 29.5 Å². The first kappa shape index (κ1) is 16.6. The minimum absolute atomic E-state index is 0.620. The Kier molecular flexibility index (Phi) is 4.33. The molecule has 4 rings (SSSR count). The van der Waals surface area contributed by atoms with E-state index in [1.165, 1.54) is 27.6 Å². The lowest BCUT2D eigenvalue weighted by molar-refractivity contribution is 0.324. The van der Waals surface area contributed by atoms with Crippen molar-refractivity contribution < 1.29 is 14.2 Å². The molecule has 2 aromatic carbocycles. The van der Waals surface area contributed by atoms with Crippen LogP contribution in [0.5, 0.6) is 17.2 Å². The lowest BCUT2D eigenvalue weighted by Gasteiger charge is -2.17. The van der Waals surface area contributed by atoms with Gasteiger partial charge in [0, 0.05) is 17.1 Å². The maximum Gasteiger partial charge on any atom is 0.203 e. The quantitative estimate of drug-likeness (QED) is 0.724. The Morgan fingerprint density at radius 2 is 1.69 bits per heavy atom. The number of rotatable bonds is 4. The van der Waals surface area contributed by atoms with Gasteiger partial charge in [0.2, 0.25) is 5.75 Å². The number of nitrogens with one attached hydrogen (secondary N) is 1. The van der Waals surface area contributed by atoms with Gasteiger partial charge in [-0.3, -0.25) is 0 Å². The molecule has 1 aliphatic carbocycles. The third-order valence-corrected chi connectivity index (χ3v) is 5.09. The molecule has 0 atom stereocenters. The summed E-state index contributed by atoms with van der Waals surface area (Å²) < 4.78 is 16.6. The van der Waals surface area contributed by atoms with Gasteiger partial charge in [0.15, 0.2) is 11.5 Å². The number of allylic oxidation sites excluding steroid dienone is 1. The number of fused-ring (bicyclic) bond motifs is 3. The highest BCUT2D eigenvalue weighted by Crippen LogP contribution is 2.43. The molecule has 3 aromatic rings. The number of aromatic nitrogens is 1. The molecule has 1 N–H and O–H groups in total. The first-order valence-corrected chi connectivity index (χ1v) is 8.86. The highest BCUT2D eigenvalue weighted by Gasteiger charge is 2.20. The molecule has 1 aromatic heterocycles. The maximum absolute atomic E-state index is 5.55. The summed E-state index contributed by atoms with van der Waals surface area (Å²) in [5.41, 5.74) is 6.18. The molecule has 0 bridgehead atoms. The third-order valence-electron chi connectivity index (χ3n) is 5.09. The summed E-state index contributed by atoms with van der Waals surface area (Å²) in [5.74, 6) is 1.97. The molecule has 4 heteroatoms. The predicted molar refractivity (Wildman–Crippen MR) is 104 cm³/mol. The van der Waals surface area contributed by atoms with Crippen molar-refractivity contribution in [3.8, 4) is 17.2 Å². The normalized spacial score (nSPS) is 13.7. The van der Waals surface area contributed by atoms with E-state index in [0.29, 0.717) is 17.2 Å². The Balaban J connectivity index is 1.92. The number of hydrogen-bond donors (Lipinski definition) is 1. The molecule has 0 spiro atoms. The van der Waals surface area contributed by atoms with Crippen LogP contribution < -0.4 is 14.2 Å². The van der Waals surface area contributed by atoms with Crippen molar-refractivity contribution in [3.05, 3.63) is 59.3 Å². The summed E-state index contributed by atoms with van der Waals surface area (Å²) in [7, 11) is 4.93. The largest absolute Gasteiger partial charge is 0.493 e. The van der Waals surface area contributed by atoms with Crippen LogP contribution in [0, 0.1) is 0 Å². The molecular formula is C22H23NO3. The van der Waals surface area contributed by atoms with Gasteiger partial charge in [0.25, 0.3) is 0 Å². The number of aromatic amines is 1. The zero-order valence-corrected chi connectivity index (χ0v) is 15.4. The van der Waals surface area contributed by atoms with Crippen LogP contribution in [-0.2, 0) is 6.42 Å². The van der Waals surface area contributed by atoms with Crippen LogP contribution in [0.2, 0.25) is 0 Å². The van der Waals surface area contributed by atoms with E-state index < -0.39 is 0 Å². The van der Waals surface area contributed by atoms with Gasteiger partial charge in [-0.1, -0.05) is 12.1 Å². The average molecular weight is 349 g/mol. The number of benzene rings is 2. The summed E-state index contributed by atoms with van der Waals surface area (Å²) >= 11 is 0. The number of aryl methyl sites for hydroxylation is 1. The topological polar surface area (TPSA) is 43.5 Å². The smallest absolute Gasteiger partial charge is 0.203 e. The van der Waals surface area contributed by atoms with Crippen molar-refractivity contribution >= 4 is 16.5 Å². The number of methoxy groups -OCH3 is 3. The average Bonchev–Trinajstić information content (AvgIpc) is 3.06. The molecule has 1 aliphatic rings. The fourth-order valence-electron chi connectivity index (χ4n) is 3.86. The molecule has 0 aliphatic heterocycles. The zero-order chi connectivity index (χ0) is 18.1. The first-order chi connectivity index (χ1) is 12.8. The minimum Gasteiger partial charge on any atom is -0.493 e. The SMILES string of the molecule is COc1cc(C2=CCCCc3c2ccc2[nH]ccc32)cc(OC)c1OC. The first-order valence-electron chi connectivity index (χ1n) is 8.86. The molecule has 0 saturated carbocycles. The van der Waals surface area contributed by atoms with Crippen molar-refractivity contribution in [1.82, 2.24) is 4.98 Å². The monoisotopic (exact) mass is 349 g/mol. The van der Waals surface area contributed by atoms with Crippen LogP contribution in [0.15, 0.2) is 42.6 Å². The molecular weight excluding hydrogens is 326 g/mol. The van der Waals surface area contributed by atoms with Crippen molar-refractivity contribution in [1.29, 1.82) is 0 Å².